The molecule has 0 radical (unpaired) electrons. The lowest BCUT2D eigenvalue weighted by atomic mass is 10.2. The van der Waals surface area contributed by atoms with Gasteiger partial charge in [0.1, 0.15) is 11.1 Å². The SMILES string of the molecule is Cc1n[nH]c(=O)c2c(NC(=O)CN3CCN(CC(F)(F)F)CC3)oc(C)c12. The number of anilines is 1. The maximum absolute atomic E-state index is 12.4. The van der Waals surface area contributed by atoms with Gasteiger partial charge in [-0.15, -0.1) is 0 Å². The molecule has 1 amide bonds. The summed E-state index contributed by atoms with van der Waals surface area (Å²) >= 11 is 0. The molecule has 1 aliphatic heterocycles. The maximum Gasteiger partial charge on any atom is 0.401 e. The Balaban J connectivity index is 1.62. The molecule has 27 heavy (non-hydrogen) atoms. The molecule has 8 nitrogen and oxygen atoms in total. The van der Waals surface area contributed by atoms with E-state index in [-0.39, 0.29) is 30.9 Å². The minimum absolute atomic E-state index is 0.00304. The number of aromatic nitrogens is 2. The van der Waals surface area contributed by atoms with E-state index in [0.29, 0.717) is 29.9 Å². The maximum atomic E-state index is 12.4. The van der Waals surface area contributed by atoms with Crippen LogP contribution < -0.4 is 10.9 Å². The number of furan rings is 1. The Morgan fingerprint density at radius 3 is 2.44 bits per heavy atom. The molecular weight excluding hydrogens is 367 g/mol. The average molecular weight is 387 g/mol. The number of hydrogen-bond acceptors (Lipinski definition) is 6. The van der Waals surface area contributed by atoms with Gasteiger partial charge in [-0.1, -0.05) is 0 Å². The predicted molar refractivity (Wildman–Crippen MR) is 91.7 cm³/mol. The van der Waals surface area contributed by atoms with Crippen LogP contribution in [-0.4, -0.2) is 71.3 Å². The highest BCUT2D eigenvalue weighted by molar-refractivity contribution is 6.01. The number of piperazine rings is 1. The fraction of sp³-hybridized carbons (Fsp3) is 0.562. The molecule has 11 heteroatoms. The summed E-state index contributed by atoms with van der Waals surface area (Å²) in [4.78, 5) is 27.4. The molecule has 0 unspecified atom stereocenters. The van der Waals surface area contributed by atoms with E-state index in [9.17, 15) is 22.8 Å². The van der Waals surface area contributed by atoms with E-state index in [4.69, 9.17) is 4.42 Å². The van der Waals surface area contributed by atoms with Crippen LogP contribution >= 0.6 is 0 Å². The number of aromatic amines is 1. The molecule has 1 aliphatic rings. The van der Waals surface area contributed by atoms with Crippen LogP contribution in [0.15, 0.2) is 9.21 Å². The summed E-state index contributed by atoms with van der Waals surface area (Å²) in [6.45, 7) is 3.62. The predicted octanol–water partition coefficient (Wildman–Crippen LogP) is 1.25. The third-order valence-electron chi connectivity index (χ3n) is 4.49. The molecule has 0 spiro atoms. The number of carbonyl (C=O) groups excluding carboxylic acids is 1. The van der Waals surface area contributed by atoms with Gasteiger partial charge in [-0.25, -0.2) is 5.10 Å². The number of carbonyl (C=O) groups is 1. The van der Waals surface area contributed by atoms with E-state index in [1.807, 2.05) is 0 Å². The standard InChI is InChI=1S/C16H20F3N5O3/c1-9-12-10(2)27-15(13(12)14(26)22-21-9)20-11(25)7-23-3-5-24(6-4-23)8-16(17,18)19/h3-8H2,1-2H3,(H,20,25)(H,22,26). The van der Waals surface area contributed by atoms with Gasteiger partial charge < -0.3 is 4.42 Å². The number of H-pyrrole nitrogens is 1. The van der Waals surface area contributed by atoms with Crippen LogP contribution in [0.1, 0.15) is 11.5 Å². The van der Waals surface area contributed by atoms with Crippen LogP contribution in [0, 0.1) is 13.8 Å². The van der Waals surface area contributed by atoms with Crippen molar-refractivity contribution in [2.24, 2.45) is 0 Å². The van der Waals surface area contributed by atoms with Crippen LogP contribution in [0.3, 0.4) is 0 Å². The first-order valence-corrected chi connectivity index (χ1v) is 8.44. The fourth-order valence-corrected chi connectivity index (χ4v) is 3.26. The van der Waals surface area contributed by atoms with Gasteiger partial charge in [0.2, 0.25) is 11.8 Å². The zero-order valence-corrected chi connectivity index (χ0v) is 14.9. The van der Waals surface area contributed by atoms with Gasteiger partial charge in [-0.2, -0.15) is 18.3 Å². The second-order valence-corrected chi connectivity index (χ2v) is 6.59. The van der Waals surface area contributed by atoms with Crippen molar-refractivity contribution in [2.45, 2.75) is 20.0 Å². The van der Waals surface area contributed by atoms with Gasteiger partial charge >= 0.3 is 6.18 Å². The molecule has 0 aliphatic carbocycles. The Hall–Kier alpha value is -2.40. The zero-order valence-electron chi connectivity index (χ0n) is 14.9. The van der Waals surface area contributed by atoms with E-state index >= 15 is 0 Å². The molecule has 2 N–H and O–H groups in total. The van der Waals surface area contributed by atoms with E-state index in [1.165, 1.54) is 4.90 Å². The van der Waals surface area contributed by atoms with Crippen LogP contribution in [-0.2, 0) is 4.79 Å². The van der Waals surface area contributed by atoms with Crippen molar-refractivity contribution in [2.75, 3.05) is 44.6 Å². The summed E-state index contributed by atoms with van der Waals surface area (Å²) in [5.74, 6) is 0.121. The van der Waals surface area contributed by atoms with E-state index in [1.54, 1.807) is 18.7 Å². The normalized spacial score (nSPS) is 16.8. The number of nitrogens with one attached hydrogen (secondary N) is 2. The van der Waals surface area contributed by atoms with Crippen molar-refractivity contribution < 1.29 is 22.4 Å². The van der Waals surface area contributed by atoms with Crippen molar-refractivity contribution in [3.63, 3.8) is 0 Å². The third-order valence-corrected chi connectivity index (χ3v) is 4.49. The highest BCUT2D eigenvalue weighted by atomic mass is 19.4. The summed E-state index contributed by atoms with van der Waals surface area (Å²) in [5, 5.41) is 9.59. The van der Waals surface area contributed by atoms with Gasteiger partial charge in [0.15, 0.2) is 0 Å². The average Bonchev–Trinajstić information content (AvgIpc) is 2.89. The number of fused-ring (bicyclic) bond motifs is 1. The minimum Gasteiger partial charge on any atom is -0.444 e. The quantitative estimate of drug-likeness (QED) is 0.820. The van der Waals surface area contributed by atoms with Crippen molar-refractivity contribution in [1.82, 2.24) is 20.0 Å². The first-order chi connectivity index (χ1) is 12.6. The molecule has 2 aromatic heterocycles. The lowest BCUT2D eigenvalue weighted by Gasteiger charge is -2.34. The van der Waals surface area contributed by atoms with Gasteiger partial charge in [0.05, 0.1) is 24.2 Å². The van der Waals surface area contributed by atoms with Gasteiger partial charge in [0.25, 0.3) is 5.56 Å². The van der Waals surface area contributed by atoms with Gasteiger partial charge in [0, 0.05) is 26.2 Å². The number of amides is 1. The summed E-state index contributed by atoms with van der Waals surface area (Å²) in [6, 6.07) is 0. The molecule has 148 valence electrons. The molecular formula is C16H20F3N5O3. The monoisotopic (exact) mass is 387 g/mol. The van der Waals surface area contributed by atoms with Crippen molar-refractivity contribution in [1.29, 1.82) is 0 Å². The highest BCUT2D eigenvalue weighted by Crippen LogP contribution is 2.28. The van der Waals surface area contributed by atoms with Crippen molar-refractivity contribution in [3.8, 4) is 0 Å². The molecule has 1 saturated heterocycles. The van der Waals surface area contributed by atoms with E-state index < -0.39 is 24.2 Å². The molecule has 0 aromatic carbocycles. The molecule has 1 fully saturated rings. The third kappa shape index (κ3) is 4.48. The fourth-order valence-electron chi connectivity index (χ4n) is 3.26. The van der Waals surface area contributed by atoms with Crippen LogP contribution in [0.2, 0.25) is 0 Å². The topological polar surface area (TPSA) is 94.5 Å². The molecule has 0 bridgehead atoms. The number of rotatable bonds is 4. The number of aryl methyl sites for hydroxylation is 2. The smallest absolute Gasteiger partial charge is 0.401 e. The van der Waals surface area contributed by atoms with E-state index in [2.05, 4.69) is 15.5 Å². The summed E-state index contributed by atoms with van der Waals surface area (Å²) in [7, 11) is 0. The highest BCUT2D eigenvalue weighted by Gasteiger charge is 2.32. The number of nitrogens with zero attached hydrogens (tertiary/aromatic N) is 3. The first-order valence-electron chi connectivity index (χ1n) is 8.44. The van der Waals surface area contributed by atoms with Crippen LogP contribution in [0.5, 0.6) is 0 Å². The molecule has 0 saturated carbocycles. The summed E-state index contributed by atoms with van der Waals surface area (Å²) in [5.41, 5.74) is 0.107. The van der Waals surface area contributed by atoms with Gasteiger partial charge in [-0.05, 0) is 13.8 Å². The lowest BCUT2D eigenvalue weighted by molar-refractivity contribution is -0.149. The van der Waals surface area contributed by atoms with Crippen molar-refractivity contribution >= 4 is 22.6 Å². The Labute approximate surface area is 152 Å². The number of hydrogen-bond donors (Lipinski definition) is 2. The van der Waals surface area contributed by atoms with Gasteiger partial charge in [-0.3, -0.25) is 24.7 Å². The Morgan fingerprint density at radius 2 is 1.81 bits per heavy atom. The minimum atomic E-state index is -4.22. The zero-order chi connectivity index (χ0) is 19.8. The van der Waals surface area contributed by atoms with E-state index in [0.717, 1.165) is 0 Å². The van der Waals surface area contributed by atoms with Crippen molar-refractivity contribution in [3.05, 3.63) is 21.8 Å². The Bertz CT molecular complexity index is 897. The summed E-state index contributed by atoms with van der Waals surface area (Å²) in [6.07, 6.45) is -4.22. The Kier molecular flexibility index (Phi) is 5.24. The van der Waals surface area contributed by atoms with Crippen LogP contribution in [0.4, 0.5) is 19.1 Å². The second-order valence-electron chi connectivity index (χ2n) is 6.59. The summed E-state index contributed by atoms with van der Waals surface area (Å²) < 4.78 is 42.8. The largest absolute Gasteiger partial charge is 0.444 e. The number of alkyl halides is 3. The van der Waals surface area contributed by atoms with Crippen LogP contribution in [0.25, 0.3) is 10.8 Å². The number of halogens is 3. The molecule has 3 heterocycles. The molecule has 3 rings (SSSR count). The molecule has 0 atom stereocenters. The Morgan fingerprint density at radius 1 is 1.19 bits per heavy atom. The first kappa shape index (κ1) is 19.4. The molecule has 2 aromatic rings. The second kappa shape index (κ2) is 7.31. The lowest BCUT2D eigenvalue weighted by Crippen LogP contribution is -2.50.